The van der Waals surface area contributed by atoms with Gasteiger partial charge in [0.05, 0.1) is 0 Å². The van der Waals surface area contributed by atoms with Crippen LogP contribution >= 0.6 is 22.7 Å². The molecular formula is C52H30S2. The molecule has 54 heavy (non-hydrogen) atoms. The van der Waals surface area contributed by atoms with Crippen molar-refractivity contribution in [1.29, 1.82) is 0 Å². The first-order valence-corrected chi connectivity index (χ1v) is 20.1. The third-order valence-electron chi connectivity index (χ3n) is 11.4. The molecule has 2 aromatic heterocycles. The Bertz CT molecular complexity index is 3450. The highest BCUT2D eigenvalue weighted by atomic mass is 32.1. The second kappa shape index (κ2) is 11.6. The van der Waals surface area contributed by atoms with E-state index < -0.39 is 0 Å². The van der Waals surface area contributed by atoms with Crippen molar-refractivity contribution >= 4 is 106 Å². The Morgan fingerprint density at radius 2 is 0.852 bits per heavy atom. The van der Waals surface area contributed by atoms with Gasteiger partial charge in [0.2, 0.25) is 0 Å². The molecule has 0 radical (unpaired) electrons. The van der Waals surface area contributed by atoms with Crippen LogP contribution in [0.1, 0.15) is 0 Å². The molecule has 0 aliphatic carbocycles. The van der Waals surface area contributed by atoms with E-state index in [9.17, 15) is 0 Å². The lowest BCUT2D eigenvalue weighted by molar-refractivity contribution is 1.64. The number of hydrogen-bond donors (Lipinski definition) is 0. The van der Waals surface area contributed by atoms with Crippen LogP contribution < -0.4 is 0 Å². The lowest BCUT2D eigenvalue weighted by Gasteiger charge is -2.18. The first-order valence-electron chi connectivity index (χ1n) is 18.5. The molecule has 0 saturated heterocycles. The number of thiophene rings is 2. The monoisotopic (exact) mass is 718 g/mol. The first-order chi connectivity index (χ1) is 26.8. The second-order valence-corrected chi connectivity index (χ2v) is 16.5. The average Bonchev–Trinajstić information content (AvgIpc) is 3.81. The Morgan fingerprint density at radius 3 is 1.59 bits per heavy atom. The molecule has 0 nitrogen and oxygen atoms in total. The summed E-state index contributed by atoms with van der Waals surface area (Å²) in [4.78, 5) is 0. The van der Waals surface area contributed by atoms with Crippen LogP contribution in [-0.2, 0) is 0 Å². The molecule has 0 aliphatic rings. The van der Waals surface area contributed by atoms with Gasteiger partial charge in [0, 0.05) is 45.7 Å². The number of hydrogen-bond acceptors (Lipinski definition) is 2. The summed E-state index contributed by atoms with van der Waals surface area (Å²) in [5.41, 5.74) is 7.56. The van der Waals surface area contributed by atoms with Crippen molar-refractivity contribution in [3.8, 4) is 33.4 Å². The van der Waals surface area contributed by atoms with Gasteiger partial charge >= 0.3 is 0 Å². The van der Waals surface area contributed by atoms with E-state index in [2.05, 4.69) is 182 Å². The van der Waals surface area contributed by atoms with Gasteiger partial charge in [-0.25, -0.2) is 0 Å². The number of rotatable bonds is 3. The number of benzene rings is 10. The van der Waals surface area contributed by atoms with E-state index in [0.717, 1.165) is 0 Å². The largest absolute Gasteiger partial charge is 0.135 e. The van der Waals surface area contributed by atoms with E-state index in [-0.39, 0.29) is 0 Å². The summed E-state index contributed by atoms with van der Waals surface area (Å²) in [5.74, 6) is 0. The van der Waals surface area contributed by atoms with Crippen LogP contribution in [0.2, 0.25) is 0 Å². The molecule has 0 aliphatic heterocycles. The summed E-state index contributed by atoms with van der Waals surface area (Å²) >= 11 is 3.85. The molecule has 0 bridgehead atoms. The Labute approximate surface area is 319 Å². The summed E-state index contributed by atoms with van der Waals surface area (Å²) in [6, 6.07) is 67.8. The van der Waals surface area contributed by atoms with E-state index in [4.69, 9.17) is 0 Å². The van der Waals surface area contributed by atoms with Crippen molar-refractivity contribution in [2.75, 3.05) is 0 Å². The molecular weight excluding hydrogens is 689 g/mol. The fraction of sp³-hybridized carbons (Fsp3) is 0. The molecule has 12 rings (SSSR count). The smallest absolute Gasteiger partial charge is 0.0448 e. The van der Waals surface area contributed by atoms with Crippen molar-refractivity contribution in [2.45, 2.75) is 0 Å². The van der Waals surface area contributed by atoms with Crippen LogP contribution in [0.4, 0.5) is 0 Å². The molecule has 0 fully saturated rings. The zero-order valence-electron chi connectivity index (χ0n) is 29.1. The molecule has 0 spiro atoms. The third-order valence-corrected chi connectivity index (χ3v) is 13.8. The molecule has 0 amide bonds. The van der Waals surface area contributed by atoms with E-state index in [1.165, 1.54) is 117 Å². The van der Waals surface area contributed by atoms with Gasteiger partial charge in [0.1, 0.15) is 0 Å². The van der Waals surface area contributed by atoms with E-state index >= 15 is 0 Å². The summed E-state index contributed by atoms with van der Waals surface area (Å²) in [5, 5.41) is 15.7. The minimum atomic E-state index is 1.23. The summed E-state index contributed by atoms with van der Waals surface area (Å²) < 4.78 is 5.47. The van der Waals surface area contributed by atoms with Crippen molar-refractivity contribution in [1.82, 2.24) is 0 Å². The fourth-order valence-corrected chi connectivity index (χ4v) is 11.6. The second-order valence-electron chi connectivity index (χ2n) is 14.3. The molecule has 2 heteroatoms. The highest BCUT2D eigenvalue weighted by molar-refractivity contribution is 7.30. The summed E-state index contributed by atoms with van der Waals surface area (Å²) in [7, 11) is 0. The molecule has 10 aromatic carbocycles. The minimum Gasteiger partial charge on any atom is -0.135 e. The Hall–Kier alpha value is -6.32. The maximum absolute atomic E-state index is 2.47. The maximum atomic E-state index is 2.47. The molecule has 0 saturated carbocycles. The fourth-order valence-electron chi connectivity index (χ4n) is 9.04. The Kier molecular flexibility index (Phi) is 6.48. The normalized spacial score (nSPS) is 12.1. The Balaban J connectivity index is 1.11. The van der Waals surface area contributed by atoms with Gasteiger partial charge in [-0.15, -0.1) is 22.7 Å². The lowest BCUT2D eigenvalue weighted by atomic mass is 9.85. The molecule has 0 N–H and O–H groups in total. The van der Waals surface area contributed by atoms with Gasteiger partial charge in [-0.1, -0.05) is 152 Å². The van der Waals surface area contributed by atoms with Crippen LogP contribution in [0, 0.1) is 0 Å². The van der Waals surface area contributed by atoms with Crippen LogP contribution in [0.5, 0.6) is 0 Å². The predicted octanol–water partition coefficient (Wildman–Crippen LogP) is 16.0. The molecule has 0 unspecified atom stereocenters. The van der Waals surface area contributed by atoms with Crippen LogP contribution in [0.3, 0.4) is 0 Å². The topological polar surface area (TPSA) is 0 Å². The standard InChI is InChI=1S/C52H30S2/c1-2-13-32-28-35(25-24-31(32)12-1)49-39-19-6-4-17-37(39)48(38-18-5-7-20-40(38)49)34-15-11-14-33(29-34)44-30-45-42-26-27-47-50(43-22-9-10-23-46(43)53-47)52(42)54-51(45)41-21-8-3-16-36(41)44/h1-30H. The Morgan fingerprint density at radius 1 is 0.278 bits per heavy atom. The van der Waals surface area contributed by atoms with Crippen LogP contribution in [0.25, 0.3) is 117 Å². The van der Waals surface area contributed by atoms with Gasteiger partial charge in [0.25, 0.3) is 0 Å². The van der Waals surface area contributed by atoms with Gasteiger partial charge in [0.15, 0.2) is 0 Å². The van der Waals surface area contributed by atoms with Crippen molar-refractivity contribution in [3.63, 3.8) is 0 Å². The number of fused-ring (bicyclic) bond motifs is 12. The minimum absolute atomic E-state index is 1.23. The van der Waals surface area contributed by atoms with E-state index in [1.807, 2.05) is 22.7 Å². The van der Waals surface area contributed by atoms with Crippen LogP contribution in [-0.4, -0.2) is 0 Å². The van der Waals surface area contributed by atoms with Gasteiger partial charge < -0.3 is 0 Å². The zero-order chi connectivity index (χ0) is 35.3. The SMILES string of the molecule is c1cc(-c2c3ccccc3c(-c3ccc4ccccc4c3)c3ccccc23)cc(-c2cc3c4ccc5sc6ccccc6c5c4sc3c3ccccc23)c1. The van der Waals surface area contributed by atoms with Gasteiger partial charge in [-0.05, 0) is 101 Å². The highest BCUT2D eigenvalue weighted by Crippen LogP contribution is 2.49. The van der Waals surface area contributed by atoms with Crippen molar-refractivity contribution in [3.05, 3.63) is 182 Å². The van der Waals surface area contributed by atoms with E-state index in [0.29, 0.717) is 0 Å². The van der Waals surface area contributed by atoms with Crippen molar-refractivity contribution < 1.29 is 0 Å². The van der Waals surface area contributed by atoms with E-state index in [1.54, 1.807) is 0 Å². The molecule has 2 heterocycles. The molecule has 250 valence electrons. The van der Waals surface area contributed by atoms with Crippen LogP contribution in [0.15, 0.2) is 182 Å². The van der Waals surface area contributed by atoms with Crippen molar-refractivity contribution in [2.24, 2.45) is 0 Å². The predicted molar refractivity (Wildman–Crippen MR) is 239 cm³/mol. The quantitative estimate of drug-likeness (QED) is 0.160. The lowest BCUT2D eigenvalue weighted by Crippen LogP contribution is -1.91. The highest BCUT2D eigenvalue weighted by Gasteiger charge is 2.20. The van der Waals surface area contributed by atoms with Gasteiger partial charge in [-0.2, -0.15) is 0 Å². The summed E-state index contributed by atoms with van der Waals surface area (Å²) in [6.45, 7) is 0. The first kappa shape index (κ1) is 30.2. The maximum Gasteiger partial charge on any atom is 0.0448 e. The average molecular weight is 719 g/mol. The molecule has 12 aromatic rings. The zero-order valence-corrected chi connectivity index (χ0v) is 30.8. The van der Waals surface area contributed by atoms with Gasteiger partial charge in [-0.3, -0.25) is 0 Å². The third kappa shape index (κ3) is 4.36. The molecule has 0 atom stereocenters. The summed E-state index contributed by atoms with van der Waals surface area (Å²) in [6.07, 6.45) is 0.